The molecular formula is C18H16BrNO3. The van der Waals surface area contributed by atoms with Crippen LogP contribution in [-0.4, -0.2) is 18.5 Å². The van der Waals surface area contributed by atoms with Crippen LogP contribution in [0.1, 0.15) is 11.1 Å². The molecule has 4 nitrogen and oxygen atoms in total. The van der Waals surface area contributed by atoms with Crippen molar-refractivity contribution in [1.82, 2.24) is 0 Å². The Hall–Kier alpha value is -2.40. The first-order valence-corrected chi connectivity index (χ1v) is 7.79. The van der Waals surface area contributed by atoms with Crippen LogP contribution in [0.4, 0.5) is 5.69 Å². The molecule has 118 valence electrons. The van der Waals surface area contributed by atoms with E-state index >= 15 is 0 Å². The van der Waals surface area contributed by atoms with Crippen molar-refractivity contribution in [2.45, 2.75) is 6.92 Å². The number of esters is 1. The van der Waals surface area contributed by atoms with Crippen molar-refractivity contribution in [3.05, 3.63) is 70.2 Å². The number of ether oxygens (including phenoxy) is 1. The predicted octanol–water partition coefficient (Wildman–Crippen LogP) is 3.95. The summed E-state index contributed by atoms with van der Waals surface area (Å²) in [4.78, 5) is 23.3. The van der Waals surface area contributed by atoms with Gasteiger partial charge in [0.25, 0.3) is 5.91 Å². The number of benzene rings is 2. The molecule has 0 aliphatic carbocycles. The van der Waals surface area contributed by atoms with Crippen LogP contribution in [0.15, 0.2) is 59.1 Å². The minimum atomic E-state index is -0.559. The van der Waals surface area contributed by atoms with Gasteiger partial charge in [-0.1, -0.05) is 45.8 Å². The summed E-state index contributed by atoms with van der Waals surface area (Å²) in [5.41, 5.74) is 2.69. The molecule has 23 heavy (non-hydrogen) atoms. The highest BCUT2D eigenvalue weighted by Gasteiger charge is 2.05. The van der Waals surface area contributed by atoms with E-state index in [4.69, 9.17) is 4.74 Å². The minimum Gasteiger partial charge on any atom is -0.452 e. The van der Waals surface area contributed by atoms with Crippen molar-refractivity contribution in [2.24, 2.45) is 0 Å². The van der Waals surface area contributed by atoms with Gasteiger partial charge in [0.05, 0.1) is 0 Å². The van der Waals surface area contributed by atoms with Gasteiger partial charge in [0, 0.05) is 16.2 Å². The second-order valence-corrected chi connectivity index (χ2v) is 5.82. The van der Waals surface area contributed by atoms with E-state index < -0.39 is 5.97 Å². The Labute approximate surface area is 143 Å². The van der Waals surface area contributed by atoms with Crippen LogP contribution in [0.2, 0.25) is 0 Å². The standard InChI is InChI=1S/C18H16BrNO3/c1-13-2-4-14(5-3-13)6-11-18(22)23-12-17(21)20-16-9-7-15(19)8-10-16/h2-11H,12H2,1H3,(H,20,21)/b11-6+. The summed E-state index contributed by atoms with van der Waals surface area (Å²) in [5.74, 6) is -0.944. The third kappa shape index (κ3) is 6.08. The smallest absolute Gasteiger partial charge is 0.331 e. The van der Waals surface area contributed by atoms with Crippen molar-refractivity contribution in [1.29, 1.82) is 0 Å². The van der Waals surface area contributed by atoms with Crippen LogP contribution < -0.4 is 5.32 Å². The Bertz CT molecular complexity index is 706. The number of halogens is 1. The molecule has 1 N–H and O–H groups in total. The SMILES string of the molecule is Cc1ccc(/C=C/C(=O)OCC(=O)Nc2ccc(Br)cc2)cc1. The van der Waals surface area contributed by atoms with Gasteiger partial charge in [0.2, 0.25) is 0 Å². The molecule has 5 heteroatoms. The fourth-order valence-corrected chi connectivity index (χ4v) is 2.02. The highest BCUT2D eigenvalue weighted by atomic mass is 79.9. The lowest BCUT2D eigenvalue weighted by Gasteiger charge is -2.05. The first-order valence-electron chi connectivity index (χ1n) is 7.00. The fraction of sp³-hybridized carbons (Fsp3) is 0.111. The number of rotatable bonds is 5. The van der Waals surface area contributed by atoms with E-state index in [1.54, 1.807) is 18.2 Å². The molecule has 0 fully saturated rings. The molecule has 0 bridgehead atoms. The Kier molecular flexibility index (Phi) is 6.11. The lowest BCUT2D eigenvalue weighted by atomic mass is 10.1. The highest BCUT2D eigenvalue weighted by molar-refractivity contribution is 9.10. The van der Waals surface area contributed by atoms with Crippen molar-refractivity contribution in [2.75, 3.05) is 11.9 Å². The Morgan fingerprint density at radius 1 is 1.09 bits per heavy atom. The number of carbonyl (C=O) groups excluding carboxylic acids is 2. The van der Waals surface area contributed by atoms with Gasteiger partial charge < -0.3 is 10.1 Å². The van der Waals surface area contributed by atoms with Gasteiger partial charge in [0.1, 0.15) is 0 Å². The lowest BCUT2D eigenvalue weighted by Crippen LogP contribution is -2.20. The summed E-state index contributed by atoms with van der Waals surface area (Å²) in [5, 5.41) is 2.64. The summed E-state index contributed by atoms with van der Waals surface area (Å²) < 4.78 is 5.82. The van der Waals surface area contributed by atoms with E-state index in [1.807, 2.05) is 43.3 Å². The molecule has 2 aromatic carbocycles. The number of anilines is 1. The van der Waals surface area contributed by atoms with E-state index in [0.29, 0.717) is 5.69 Å². The van der Waals surface area contributed by atoms with E-state index in [0.717, 1.165) is 15.6 Å². The van der Waals surface area contributed by atoms with Crippen molar-refractivity contribution < 1.29 is 14.3 Å². The first kappa shape index (κ1) is 17.0. The molecule has 2 rings (SSSR count). The maximum Gasteiger partial charge on any atom is 0.331 e. The third-order valence-corrected chi connectivity index (χ3v) is 3.49. The van der Waals surface area contributed by atoms with Gasteiger partial charge in [-0.3, -0.25) is 4.79 Å². The maximum atomic E-state index is 11.7. The summed E-state index contributed by atoms with van der Waals surface area (Å²) in [6.45, 7) is 1.67. The van der Waals surface area contributed by atoms with Gasteiger partial charge in [-0.15, -0.1) is 0 Å². The zero-order valence-corrected chi connectivity index (χ0v) is 14.2. The molecule has 0 radical (unpaired) electrons. The zero-order chi connectivity index (χ0) is 16.7. The summed E-state index contributed by atoms with van der Waals surface area (Å²) in [6.07, 6.45) is 2.95. The van der Waals surface area contributed by atoms with Crippen LogP contribution in [-0.2, 0) is 14.3 Å². The number of nitrogens with one attached hydrogen (secondary N) is 1. The van der Waals surface area contributed by atoms with Gasteiger partial charge in [-0.25, -0.2) is 4.79 Å². The van der Waals surface area contributed by atoms with Gasteiger partial charge in [-0.05, 0) is 42.8 Å². The molecule has 0 saturated heterocycles. The maximum absolute atomic E-state index is 11.7. The first-order chi connectivity index (χ1) is 11.0. The van der Waals surface area contributed by atoms with Crippen molar-refractivity contribution in [3.8, 4) is 0 Å². The molecule has 1 amide bonds. The quantitative estimate of drug-likeness (QED) is 0.637. The zero-order valence-electron chi connectivity index (χ0n) is 12.6. The van der Waals surface area contributed by atoms with Crippen LogP contribution >= 0.6 is 15.9 Å². The Balaban J connectivity index is 1.78. The molecule has 0 atom stereocenters. The molecular weight excluding hydrogens is 358 g/mol. The number of carbonyl (C=O) groups is 2. The van der Waals surface area contributed by atoms with Gasteiger partial charge in [-0.2, -0.15) is 0 Å². The number of aryl methyl sites for hydroxylation is 1. The van der Waals surface area contributed by atoms with Crippen LogP contribution in [0.25, 0.3) is 6.08 Å². The molecule has 0 aliphatic heterocycles. The summed E-state index contributed by atoms with van der Waals surface area (Å²) >= 11 is 3.31. The highest BCUT2D eigenvalue weighted by Crippen LogP contribution is 2.13. The monoisotopic (exact) mass is 373 g/mol. The molecule has 0 aromatic heterocycles. The third-order valence-electron chi connectivity index (χ3n) is 2.96. The largest absolute Gasteiger partial charge is 0.452 e. The van der Waals surface area contributed by atoms with E-state index in [-0.39, 0.29) is 12.5 Å². The fourth-order valence-electron chi connectivity index (χ4n) is 1.76. The lowest BCUT2D eigenvalue weighted by molar-refractivity contribution is -0.142. The second-order valence-electron chi connectivity index (χ2n) is 4.91. The molecule has 2 aromatic rings. The molecule has 0 unspecified atom stereocenters. The minimum absolute atomic E-state index is 0.326. The predicted molar refractivity (Wildman–Crippen MR) is 93.9 cm³/mol. The van der Waals surface area contributed by atoms with E-state index in [2.05, 4.69) is 21.2 Å². The normalized spacial score (nSPS) is 10.5. The average Bonchev–Trinajstić information content (AvgIpc) is 2.54. The van der Waals surface area contributed by atoms with Gasteiger partial charge in [0.15, 0.2) is 6.61 Å². The molecule has 0 saturated carbocycles. The second kappa shape index (κ2) is 8.29. The molecule has 0 spiro atoms. The van der Waals surface area contributed by atoms with E-state index in [1.165, 1.54) is 6.08 Å². The van der Waals surface area contributed by atoms with E-state index in [9.17, 15) is 9.59 Å². The van der Waals surface area contributed by atoms with Crippen molar-refractivity contribution >= 4 is 39.6 Å². The van der Waals surface area contributed by atoms with Crippen LogP contribution in [0.5, 0.6) is 0 Å². The number of hydrogen-bond donors (Lipinski definition) is 1. The van der Waals surface area contributed by atoms with Gasteiger partial charge >= 0.3 is 5.97 Å². The summed E-state index contributed by atoms with van der Waals surface area (Å²) in [7, 11) is 0. The number of hydrogen-bond acceptors (Lipinski definition) is 3. The number of amides is 1. The molecule has 0 heterocycles. The Morgan fingerprint density at radius 2 is 1.74 bits per heavy atom. The van der Waals surface area contributed by atoms with Crippen LogP contribution in [0.3, 0.4) is 0 Å². The van der Waals surface area contributed by atoms with Crippen LogP contribution in [0, 0.1) is 6.92 Å². The summed E-state index contributed by atoms with van der Waals surface area (Å²) in [6, 6.07) is 14.8. The average molecular weight is 374 g/mol. The topological polar surface area (TPSA) is 55.4 Å². The molecule has 0 aliphatic rings. The Morgan fingerprint density at radius 3 is 2.39 bits per heavy atom. The van der Waals surface area contributed by atoms with Crippen molar-refractivity contribution in [3.63, 3.8) is 0 Å².